The summed E-state index contributed by atoms with van der Waals surface area (Å²) in [4.78, 5) is 70.0. The molecular weight excluding hydrogens is 833 g/mol. The first-order valence-corrected chi connectivity index (χ1v) is 24.5. The van der Waals surface area contributed by atoms with Gasteiger partial charge in [0.1, 0.15) is 17.7 Å². The summed E-state index contributed by atoms with van der Waals surface area (Å²) < 4.78 is 8.74. The summed E-state index contributed by atoms with van der Waals surface area (Å²) in [5, 5.41) is 2.77. The molecule has 5 N–H and O–H groups in total. The number of nitrogens with zero attached hydrogens (tertiary/aromatic N) is 4. The number of imidazole rings is 2. The Morgan fingerprint density at radius 2 is 1.32 bits per heavy atom. The quantitative estimate of drug-likeness (QED) is 0.121. The van der Waals surface area contributed by atoms with Crippen molar-refractivity contribution in [2.75, 3.05) is 27.3 Å². The minimum atomic E-state index is -0.745. The van der Waals surface area contributed by atoms with E-state index >= 15 is 0 Å². The molecule has 2 saturated heterocycles. The SMILES string of the molecule is COC(=O)NC(C(=O)N1CCC[C@@H]1c1ncc(-c2ccc(-c3ccc(-c4cnc([C@@H]5CCCN5C(=O)CC(C)C)[nH]4)c4c3CC3(CCCC3)C4)c3c2CC2CCC32)[nH]1)C(C)C.COC(N)=O. The normalized spacial score (nSPS) is 22.7. The first-order valence-electron chi connectivity index (χ1n) is 24.5. The first-order chi connectivity index (χ1) is 31.8. The van der Waals surface area contributed by atoms with Gasteiger partial charge in [-0.2, -0.15) is 0 Å². The molecule has 4 aliphatic carbocycles. The molecule has 1 spiro atoms. The summed E-state index contributed by atoms with van der Waals surface area (Å²) in [6.45, 7) is 9.56. The van der Waals surface area contributed by atoms with Gasteiger partial charge in [-0.05, 0) is 133 Å². The third-order valence-corrected chi connectivity index (χ3v) is 15.8. The van der Waals surface area contributed by atoms with Crippen molar-refractivity contribution in [3.8, 4) is 33.6 Å². The molecule has 352 valence electrons. The van der Waals surface area contributed by atoms with Gasteiger partial charge in [-0.25, -0.2) is 19.6 Å². The maximum absolute atomic E-state index is 13.9. The average molecular weight is 901 g/mol. The molecule has 3 unspecified atom stereocenters. The minimum absolute atomic E-state index is 0.0168. The highest BCUT2D eigenvalue weighted by Gasteiger charge is 2.46. The van der Waals surface area contributed by atoms with Crippen LogP contribution in [0.25, 0.3) is 33.6 Å². The number of carbonyl (C=O) groups is 4. The van der Waals surface area contributed by atoms with Crippen molar-refractivity contribution in [1.82, 2.24) is 35.1 Å². The topological polar surface area (TPSA) is 189 Å². The molecule has 14 nitrogen and oxygen atoms in total. The number of hydrogen-bond donors (Lipinski definition) is 4. The van der Waals surface area contributed by atoms with E-state index < -0.39 is 18.2 Å². The van der Waals surface area contributed by atoms with Gasteiger partial charge in [-0.3, -0.25) is 9.59 Å². The number of aromatic nitrogens is 4. The van der Waals surface area contributed by atoms with Crippen LogP contribution >= 0.6 is 0 Å². The number of methoxy groups -OCH3 is 2. The predicted molar refractivity (Wildman–Crippen MR) is 252 cm³/mol. The van der Waals surface area contributed by atoms with E-state index in [4.69, 9.17) is 14.7 Å². The third kappa shape index (κ3) is 8.49. The Morgan fingerprint density at radius 3 is 1.88 bits per heavy atom. The Labute approximate surface area is 388 Å². The monoisotopic (exact) mass is 901 g/mol. The number of aromatic amines is 2. The number of rotatable bonds is 10. The Morgan fingerprint density at radius 1 is 0.758 bits per heavy atom. The molecule has 4 heterocycles. The molecule has 0 bridgehead atoms. The molecule has 10 rings (SSSR count). The van der Waals surface area contributed by atoms with E-state index in [9.17, 15) is 19.2 Å². The highest BCUT2D eigenvalue weighted by atomic mass is 16.5. The highest BCUT2D eigenvalue weighted by molar-refractivity contribution is 5.87. The summed E-state index contributed by atoms with van der Waals surface area (Å²) in [7, 11) is 2.55. The lowest BCUT2D eigenvalue weighted by molar-refractivity contribution is -0.135. The van der Waals surface area contributed by atoms with E-state index in [-0.39, 0.29) is 29.8 Å². The maximum Gasteiger partial charge on any atom is 0.407 e. The van der Waals surface area contributed by atoms with E-state index in [1.807, 2.05) is 31.1 Å². The predicted octanol–water partition coefficient (Wildman–Crippen LogP) is 9.31. The van der Waals surface area contributed by atoms with Gasteiger partial charge in [0, 0.05) is 30.6 Å². The van der Waals surface area contributed by atoms with Crippen LogP contribution in [0.2, 0.25) is 0 Å². The second-order valence-electron chi connectivity index (χ2n) is 20.7. The number of benzene rings is 2. The smallest absolute Gasteiger partial charge is 0.407 e. The van der Waals surface area contributed by atoms with Gasteiger partial charge in [-0.1, -0.05) is 64.8 Å². The van der Waals surface area contributed by atoms with Crippen molar-refractivity contribution in [2.24, 2.45) is 28.9 Å². The van der Waals surface area contributed by atoms with Gasteiger partial charge in [0.2, 0.25) is 11.8 Å². The number of fused-ring (bicyclic) bond motifs is 4. The largest absolute Gasteiger partial charge is 0.453 e. The van der Waals surface area contributed by atoms with Gasteiger partial charge in [0.05, 0.1) is 50.1 Å². The van der Waals surface area contributed by atoms with Crippen LogP contribution in [-0.2, 0) is 38.3 Å². The van der Waals surface area contributed by atoms with E-state index in [1.165, 1.54) is 97.3 Å². The van der Waals surface area contributed by atoms with Crippen LogP contribution in [0.3, 0.4) is 0 Å². The van der Waals surface area contributed by atoms with Crippen LogP contribution in [-0.4, -0.2) is 87.1 Å². The van der Waals surface area contributed by atoms with Crippen LogP contribution in [0.4, 0.5) is 9.59 Å². The van der Waals surface area contributed by atoms with Crippen molar-refractivity contribution in [3.05, 3.63) is 70.6 Å². The number of ether oxygens (including phenoxy) is 2. The van der Waals surface area contributed by atoms with Crippen LogP contribution in [0.15, 0.2) is 36.7 Å². The van der Waals surface area contributed by atoms with Crippen LogP contribution < -0.4 is 11.1 Å². The number of primary amides is 1. The molecule has 5 atom stereocenters. The number of H-pyrrole nitrogens is 2. The Hall–Kier alpha value is -5.66. The number of likely N-dealkylation sites (tertiary alicyclic amines) is 2. The van der Waals surface area contributed by atoms with Crippen LogP contribution in [0.1, 0.15) is 150 Å². The van der Waals surface area contributed by atoms with Crippen molar-refractivity contribution in [1.29, 1.82) is 0 Å². The Kier molecular flexibility index (Phi) is 12.8. The Balaban J connectivity index is 0.00000104. The van der Waals surface area contributed by atoms with Crippen LogP contribution in [0, 0.1) is 23.2 Å². The zero-order chi connectivity index (χ0) is 46.4. The lowest BCUT2D eigenvalue weighted by Crippen LogP contribution is -2.51. The summed E-state index contributed by atoms with van der Waals surface area (Å²) >= 11 is 0. The summed E-state index contributed by atoms with van der Waals surface area (Å²) in [5.41, 5.74) is 18.2. The fourth-order valence-corrected chi connectivity index (χ4v) is 12.4. The van der Waals surface area contributed by atoms with Gasteiger partial charge < -0.3 is 40.3 Å². The van der Waals surface area contributed by atoms with E-state index in [2.05, 4.69) is 68.8 Å². The molecule has 14 heteroatoms. The molecule has 2 aromatic heterocycles. The number of nitrogens with two attached hydrogens (primary N) is 1. The molecular formula is C52H68N8O6. The minimum Gasteiger partial charge on any atom is -0.453 e. The number of alkyl carbamates (subject to hydrolysis) is 1. The van der Waals surface area contributed by atoms with Gasteiger partial charge >= 0.3 is 12.2 Å². The molecule has 2 saturated carbocycles. The molecule has 6 aliphatic rings. The van der Waals surface area contributed by atoms with E-state index in [0.29, 0.717) is 36.1 Å². The number of amides is 4. The third-order valence-electron chi connectivity index (χ3n) is 15.8. The molecule has 4 fully saturated rings. The summed E-state index contributed by atoms with van der Waals surface area (Å²) in [6, 6.07) is 8.69. The first kappa shape index (κ1) is 45.5. The van der Waals surface area contributed by atoms with E-state index in [0.717, 1.165) is 74.5 Å². The van der Waals surface area contributed by atoms with Crippen molar-refractivity contribution < 1.29 is 28.7 Å². The van der Waals surface area contributed by atoms with Crippen molar-refractivity contribution in [2.45, 2.75) is 142 Å². The number of hydrogen-bond acceptors (Lipinski definition) is 8. The Bertz CT molecular complexity index is 2480. The molecule has 2 aromatic carbocycles. The zero-order valence-corrected chi connectivity index (χ0v) is 39.6. The summed E-state index contributed by atoms with van der Waals surface area (Å²) in [5.74, 6) is 3.37. The van der Waals surface area contributed by atoms with Gasteiger partial charge in [0.15, 0.2) is 0 Å². The molecule has 0 radical (unpaired) electrons. The molecule has 4 aromatic rings. The highest BCUT2D eigenvalue weighted by Crippen LogP contribution is 2.58. The van der Waals surface area contributed by atoms with Crippen molar-refractivity contribution >= 4 is 24.0 Å². The lowest BCUT2D eigenvalue weighted by Gasteiger charge is -2.32. The summed E-state index contributed by atoms with van der Waals surface area (Å²) in [6.07, 6.45) is 17.9. The number of carbonyl (C=O) groups excluding carboxylic acids is 4. The van der Waals surface area contributed by atoms with Crippen LogP contribution in [0.5, 0.6) is 0 Å². The fraction of sp³-hybridized carbons (Fsp3) is 0.577. The maximum atomic E-state index is 13.9. The molecule has 66 heavy (non-hydrogen) atoms. The lowest BCUT2D eigenvalue weighted by atomic mass is 9.72. The second-order valence-corrected chi connectivity index (χ2v) is 20.7. The second kappa shape index (κ2) is 18.6. The number of nitrogens with one attached hydrogen (secondary N) is 3. The molecule has 2 aliphatic heterocycles. The average Bonchev–Trinajstić information content (AvgIpc) is 4.15. The fourth-order valence-electron chi connectivity index (χ4n) is 12.4. The standard InChI is InChI=1S/C50H63N7O4.C2H5NO2/c1-28(2)22-43(58)56-20-8-10-41(56)46-51-27-40(54-46)34-15-14-32(37-24-50(25-38(34)37)18-6-7-19-50)35-17-16-33(36-23-30-12-13-31(30)44(35)36)39-26-52-47(53-39)42-11-9-21-57(42)48(59)45(29(3)4)55-49(60)61-5;1-5-2(3)4/h14-17,26-31,41-42,45H,6-13,18-25H2,1-5H3,(H,51,54)(H,52,53)(H,55,60);1H3,(H2,3,4)/t30?,31?,41-,42+,45?;/m0./s1. The van der Waals surface area contributed by atoms with Gasteiger partial charge in [-0.15, -0.1) is 0 Å². The van der Waals surface area contributed by atoms with E-state index in [1.54, 1.807) is 0 Å². The zero-order valence-electron chi connectivity index (χ0n) is 39.6. The van der Waals surface area contributed by atoms with Gasteiger partial charge in [0.25, 0.3) is 0 Å². The van der Waals surface area contributed by atoms with Crippen molar-refractivity contribution in [3.63, 3.8) is 0 Å². The molecule has 4 amide bonds.